The molecule has 0 aromatic heterocycles. The molecule has 0 aliphatic heterocycles. The maximum atomic E-state index is 13.0. The van der Waals surface area contributed by atoms with E-state index in [2.05, 4.69) is 0 Å². The standard InChI is InChI=1S/C9H5F5O2/c10-4-1-2-5(6(11)3-4)7(8(15)16)9(12,13)14/h1-3,7H,(H,15,16). The van der Waals surface area contributed by atoms with Crippen molar-refractivity contribution in [1.82, 2.24) is 0 Å². The van der Waals surface area contributed by atoms with Crippen LogP contribution in [0.5, 0.6) is 0 Å². The molecule has 0 amide bonds. The summed E-state index contributed by atoms with van der Waals surface area (Å²) in [7, 11) is 0. The zero-order valence-corrected chi connectivity index (χ0v) is 7.55. The minimum Gasteiger partial charge on any atom is -0.481 e. The van der Waals surface area contributed by atoms with Gasteiger partial charge in [-0.1, -0.05) is 6.07 Å². The van der Waals surface area contributed by atoms with Gasteiger partial charge in [-0.05, 0) is 6.07 Å². The van der Waals surface area contributed by atoms with Crippen molar-refractivity contribution in [3.05, 3.63) is 35.4 Å². The topological polar surface area (TPSA) is 37.3 Å². The third kappa shape index (κ3) is 2.47. The molecule has 0 heterocycles. The number of carboxylic acids is 1. The maximum absolute atomic E-state index is 13.0. The van der Waals surface area contributed by atoms with Gasteiger partial charge in [0.2, 0.25) is 0 Å². The largest absolute Gasteiger partial charge is 0.481 e. The van der Waals surface area contributed by atoms with Gasteiger partial charge in [-0.15, -0.1) is 0 Å². The summed E-state index contributed by atoms with van der Waals surface area (Å²) in [6.07, 6.45) is -5.13. The molecule has 1 atom stereocenters. The number of aliphatic carboxylic acids is 1. The lowest BCUT2D eigenvalue weighted by Crippen LogP contribution is -2.29. The molecule has 7 heteroatoms. The Bertz CT molecular complexity index is 413. The molecule has 0 radical (unpaired) electrons. The zero-order chi connectivity index (χ0) is 12.5. The van der Waals surface area contributed by atoms with Gasteiger partial charge < -0.3 is 5.11 Å². The van der Waals surface area contributed by atoms with Gasteiger partial charge in [-0.25, -0.2) is 8.78 Å². The summed E-state index contributed by atoms with van der Waals surface area (Å²) in [5.41, 5.74) is -1.11. The second-order valence-corrected chi connectivity index (χ2v) is 2.98. The van der Waals surface area contributed by atoms with Crippen LogP contribution in [0.25, 0.3) is 0 Å². The molecule has 0 saturated heterocycles. The number of rotatable bonds is 2. The van der Waals surface area contributed by atoms with Crippen LogP contribution >= 0.6 is 0 Å². The summed E-state index contributed by atoms with van der Waals surface area (Å²) in [6.45, 7) is 0. The Labute approximate surface area is 86.3 Å². The first kappa shape index (κ1) is 12.4. The van der Waals surface area contributed by atoms with E-state index in [1.807, 2.05) is 0 Å². The van der Waals surface area contributed by atoms with Crippen molar-refractivity contribution in [1.29, 1.82) is 0 Å². The molecule has 1 aromatic rings. The van der Waals surface area contributed by atoms with Crippen LogP contribution in [0.4, 0.5) is 22.0 Å². The molecule has 1 rings (SSSR count). The molecule has 1 aromatic carbocycles. The van der Waals surface area contributed by atoms with E-state index < -0.39 is 35.3 Å². The fourth-order valence-corrected chi connectivity index (χ4v) is 1.18. The molecular weight excluding hydrogens is 235 g/mol. The number of hydrogen-bond acceptors (Lipinski definition) is 1. The van der Waals surface area contributed by atoms with Crippen LogP contribution in [0.3, 0.4) is 0 Å². The average molecular weight is 240 g/mol. The van der Waals surface area contributed by atoms with Crippen LogP contribution in [0.15, 0.2) is 18.2 Å². The van der Waals surface area contributed by atoms with Crippen molar-refractivity contribution in [3.63, 3.8) is 0 Å². The maximum Gasteiger partial charge on any atom is 0.406 e. The Morgan fingerprint density at radius 3 is 2.19 bits per heavy atom. The third-order valence-electron chi connectivity index (χ3n) is 1.85. The van der Waals surface area contributed by atoms with E-state index in [9.17, 15) is 26.7 Å². The summed E-state index contributed by atoms with van der Waals surface area (Å²) >= 11 is 0. The Kier molecular flexibility index (Phi) is 3.16. The molecule has 16 heavy (non-hydrogen) atoms. The molecule has 1 unspecified atom stereocenters. The van der Waals surface area contributed by atoms with Crippen molar-refractivity contribution in [3.8, 4) is 0 Å². The smallest absolute Gasteiger partial charge is 0.406 e. The first-order chi connectivity index (χ1) is 7.23. The van der Waals surface area contributed by atoms with E-state index >= 15 is 0 Å². The van der Waals surface area contributed by atoms with Gasteiger partial charge in [-0.3, -0.25) is 4.79 Å². The van der Waals surface area contributed by atoms with Crippen molar-refractivity contribution in [2.45, 2.75) is 12.1 Å². The van der Waals surface area contributed by atoms with Gasteiger partial charge in [0, 0.05) is 11.6 Å². The molecule has 0 aliphatic carbocycles. The fraction of sp³-hybridized carbons (Fsp3) is 0.222. The van der Waals surface area contributed by atoms with Crippen LogP contribution in [0, 0.1) is 11.6 Å². The Morgan fingerprint density at radius 1 is 1.25 bits per heavy atom. The van der Waals surface area contributed by atoms with Gasteiger partial charge in [0.05, 0.1) is 0 Å². The van der Waals surface area contributed by atoms with Crippen LogP contribution < -0.4 is 0 Å². The van der Waals surface area contributed by atoms with Gasteiger partial charge in [0.15, 0.2) is 5.92 Å². The van der Waals surface area contributed by atoms with Crippen LogP contribution in [0.1, 0.15) is 11.5 Å². The fourth-order valence-electron chi connectivity index (χ4n) is 1.18. The van der Waals surface area contributed by atoms with Crippen LogP contribution in [-0.2, 0) is 4.79 Å². The number of hydrogen-bond donors (Lipinski definition) is 1. The van der Waals surface area contributed by atoms with E-state index in [0.29, 0.717) is 12.1 Å². The van der Waals surface area contributed by atoms with Crippen LogP contribution in [-0.4, -0.2) is 17.3 Å². The van der Waals surface area contributed by atoms with E-state index in [1.165, 1.54) is 0 Å². The Hall–Kier alpha value is -1.66. The van der Waals surface area contributed by atoms with E-state index in [-0.39, 0.29) is 6.07 Å². The highest BCUT2D eigenvalue weighted by molar-refractivity contribution is 5.77. The third-order valence-corrected chi connectivity index (χ3v) is 1.85. The summed E-state index contributed by atoms with van der Waals surface area (Å²) in [5, 5.41) is 8.38. The summed E-state index contributed by atoms with van der Waals surface area (Å²) in [5.74, 6) is -7.84. The molecule has 0 bridgehead atoms. The molecular formula is C9H5F5O2. The SMILES string of the molecule is O=C(O)C(c1ccc(F)cc1F)C(F)(F)F. The number of benzene rings is 1. The number of carbonyl (C=O) groups is 1. The van der Waals surface area contributed by atoms with Crippen molar-refractivity contribution in [2.24, 2.45) is 0 Å². The van der Waals surface area contributed by atoms with Gasteiger partial charge >= 0.3 is 12.1 Å². The van der Waals surface area contributed by atoms with E-state index in [1.54, 1.807) is 0 Å². The second-order valence-electron chi connectivity index (χ2n) is 2.98. The normalized spacial score (nSPS) is 13.6. The summed E-state index contributed by atoms with van der Waals surface area (Å²) in [4.78, 5) is 10.4. The van der Waals surface area contributed by atoms with Gasteiger partial charge in [-0.2, -0.15) is 13.2 Å². The highest BCUT2D eigenvalue weighted by atomic mass is 19.4. The minimum atomic E-state index is -5.13. The predicted octanol–water partition coefficient (Wildman–Crippen LogP) is 2.70. The molecule has 0 aliphatic rings. The highest BCUT2D eigenvalue weighted by Gasteiger charge is 2.47. The lowest BCUT2D eigenvalue weighted by atomic mass is 9.98. The van der Waals surface area contributed by atoms with Crippen molar-refractivity contribution < 1.29 is 31.9 Å². The predicted molar refractivity (Wildman–Crippen MR) is 42.8 cm³/mol. The van der Waals surface area contributed by atoms with Gasteiger partial charge in [0.1, 0.15) is 11.6 Å². The summed E-state index contributed by atoms with van der Waals surface area (Å²) < 4.78 is 62.3. The highest BCUT2D eigenvalue weighted by Crippen LogP contribution is 2.36. The van der Waals surface area contributed by atoms with Crippen molar-refractivity contribution >= 4 is 5.97 Å². The quantitative estimate of drug-likeness (QED) is 0.807. The van der Waals surface area contributed by atoms with E-state index in [4.69, 9.17) is 5.11 Å². The molecule has 0 spiro atoms. The zero-order valence-electron chi connectivity index (χ0n) is 7.55. The number of carboxylic acid groups (broad SMARTS) is 1. The molecule has 1 N–H and O–H groups in total. The molecule has 0 fully saturated rings. The molecule has 88 valence electrons. The second kappa shape index (κ2) is 4.07. The lowest BCUT2D eigenvalue weighted by molar-refractivity contribution is -0.177. The average Bonchev–Trinajstić information content (AvgIpc) is 2.06. The molecule has 2 nitrogen and oxygen atoms in total. The molecule has 0 saturated carbocycles. The monoisotopic (exact) mass is 240 g/mol. The number of alkyl halides is 3. The Balaban J connectivity index is 3.28. The Morgan fingerprint density at radius 2 is 1.81 bits per heavy atom. The number of halogens is 5. The first-order valence-corrected chi connectivity index (χ1v) is 3.98. The minimum absolute atomic E-state index is 0.205. The first-order valence-electron chi connectivity index (χ1n) is 3.98. The van der Waals surface area contributed by atoms with Crippen molar-refractivity contribution in [2.75, 3.05) is 0 Å². The summed E-state index contributed by atoms with van der Waals surface area (Å²) in [6, 6.07) is 1.24. The van der Waals surface area contributed by atoms with Gasteiger partial charge in [0.25, 0.3) is 0 Å². The van der Waals surface area contributed by atoms with Crippen LogP contribution in [0.2, 0.25) is 0 Å². The van der Waals surface area contributed by atoms with E-state index in [0.717, 1.165) is 0 Å². The lowest BCUT2D eigenvalue weighted by Gasteiger charge is -2.16.